The smallest absolute Gasteiger partial charge is 0.299 e. The average molecular weight is 419 g/mol. The summed E-state index contributed by atoms with van der Waals surface area (Å²) < 4.78 is 63.4. The molecule has 0 bridgehead atoms. The Labute approximate surface area is 158 Å². The Kier molecular flexibility index (Phi) is 4.98. The number of nitrogens with zero attached hydrogens (tertiary/aromatic N) is 1. The van der Waals surface area contributed by atoms with E-state index in [0.717, 1.165) is 0 Å². The lowest BCUT2D eigenvalue weighted by Gasteiger charge is -2.48. The van der Waals surface area contributed by atoms with E-state index in [2.05, 4.69) is 5.16 Å². The van der Waals surface area contributed by atoms with Gasteiger partial charge in [-0.25, -0.2) is 4.39 Å². The van der Waals surface area contributed by atoms with Crippen molar-refractivity contribution in [3.05, 3.63) is 47.3 Å². The van der Waals surface area contributed by atoms with E-state index in [1.807, 2.05) is 0 Å². The molecule has 0 aliphatic carbocycles. The van der Waals surface area contributed by atoms with Gasteiger partial charge >= 0.3 is 0 Å². The summed E-state index contributed by atoms with van der Waals surface area (Å²) in [7, 11) is -5.26. The van der Waals surface area contributed by atoms with Crippen molar-refractivity contribution >= 4 is 10.1 Å². The highest BCUT2D eigenvalue weighted by molar-refractivity contribution is 7.86. The van der Waals surface area contributed by atoms with Gasteiger partial charge in [0.25, 0.3) is 22.3 Å². The summed E-state index contributed by atoms with van der Waals surface area (Å²) in [6.07, 6.45) is -5.23. The van der Waals surface area contributed by atoms with E-state index in [1.54, 1.807) is 6.07 Å². The first kappa shape index (κ1) is 20.6. The van der Waals surface area contributed by atoms with E-state index in [9.17, 15) is 28.3 Å². The van der Waals surface area contributed by atoms with Crippen LogP contribution in [0.15, 0.2) is 34.9 Å². The molecule has 154 valence electrons. The van der Waals surface area contributed by atoms with Gasteiger partial charge in [-0.2, -0.15) is 8.42 Å². The lowest BCUT2D eigenvalue weighted by atomic mass is 9.81. The lowest BCUT2D eigenvalue weighted by Crippen LogP contribution is -2.71. The molecule has 3 rings (SSSR count). The number of ether oxygens (including phenoxy) is 2. The monoisotopic (exact) mass is 419 g/mol. The highest BCUT2D eigenvalue weighted by Crippen LogP contribution is 2.47. The van der Waals surface area contributed by atoms with Crippen LogP contribution < -0.4 is 4.74 Å². The molecule has 4 N–H and O–H groups in total. The standard InChI is InChI=1S/C16H18FNO9S/c1-8-11(9(2)27-18-8)15(20)12(19)16(17,21)13(26-14(15)28(22,23)24)25-10-6-4-3-5-7-10/h3-7,12-14,19-21H,1-2H3,(H,22,23,24)/t12-,13+,14?,15-,16+/m0/s1. The lowest BCUT2D eigenvalue weighted by molar-refractivity contribution is -0.376. The van der Waals surface area contributed by atoms with Gasteiger partial charge in [-0.05, 0) is 26.0 Å². The first-order valence-corrected chi connectivity index (χ1v) is 9.49. The Morgan fingerprint density at radius 2 is 1.82 bits per heavy atom. The molecule has 10 nitrogen and oxygen atoms in total. The summed E-state index contributed by atoms with van der Waals surface area (Å²) >= 11 is 0. The molecule has 0 saturated carbocycles. The fourth-order valence-corrected chi connectivity index (χ4v) is 4.16. The van der Waals surface area contributed by atoms with Gasteiger partial charge in [0.05, 0.1) is 11.3 Å². The third-order valence-corrected chi connectivity index (χ3v) is 5.44. The van der Waals surface area contributed by atoms with E-state index < -0.39 is 45.0 Å². The normalized spacial score (nSPS) is 33.6. The summed E-state index contributed by atoms with van der Waals surface area (Å²) in [4.78, 5) is 0. The maximum atomic E-state index is 15.1. The van der Waals surface area contributed by atoms with Crippen LogP contribution in [-0.2, 0) is 20.5 Å². The summed E-state index contributed by atoms with van der Waals surface area (Å²) in [5, 5.41) is 35.2. The molecular weight excluding hydrogens is 401 g/mol. The second-order valence-electron chi connectivity index (χ2n) is 6.40. The van der Waals surface area contributed by atoms with E-state index in [-0.39, 0.29) is 17.2 Å². The average Bonchev–Trinajstić information content (AvgIpc) is 2.95. The van der Waals surface area contributed by atoms with Gasteiger partial charge in [0.2, 0.25) is 5.44 Å². The summed E-state index contributed by atoms with van der Waals surface area (Å²) in [5.41, 5.74) is -6.37. The van der Waals surface area contributed by atoms with Crippen LogP contribution >= 0.6 is 0 Å². The quantitative estimate of drug-likeness (QED) is 0.502. The topological polar surface area (TPSA) is 160 Å². The number of aromatic nitrogens is 1. The molecule has 1 aliphatic rings. The van der Waals surface area contributed by atoms with Crippen molar-refractivity contribution in [3.8, 4) is 5.75 Å². The molecule has 2 heterocycles. The number of benzene rings is 1. The Hall–Kier alpha value is -2.09. The first-order chi connectivity index (χ1) is 12.9. The third kappa shape index (κ3) is 3.17. The highest BCUT2D eigenvalue weighted by Gasteiger charge is 2.70. The highest BCUT2D eigenvalue weighted by atomic mass is 32.2. The predicted molar refractivity (Wildman–Crippen MR) is 89.2 cm³/mol. The van der Waals surface area contributed by atoms with Crippen LogP contribution in [-0.4, -0.2) is 57.1 Å². The van der Waals surface area contributed by atoms with Crippen LogP contribution in [0.5, 0.6) is 5.75 Å². The van der Waals surface area contributed by atoms with Crippen LogP contribution in [0.4, 0.5) is 4.39 Å². The summed E-state index contributed by atoms with van der Waals surface area (Å²) in [5.74, 6) is -4.01. The largest absolute Gasteiger partial charge is 0.459 e. The summed E-state index contributed by atoms with van der Waals surface area (Å²) in [6, 6.07) is 7.33. The molecule has 0 amide bonds. The molecule has 5 atom stereocenters. The number of alkyl halides is 1. The minimum absolute atomic E-state index is 0.0346. The zero-order valence-corrected chi connectivity index (χ0v) is 15.5. The zero-order chi connectivity index (χ0) is 20.9. The fraction of sp³-hybridized carbons (Fsp3) is 0.438. The number of rotatable bonds is 4. The second-order valence-corrected chi connectivity index (χ2v) is 7.86. The van der Waals surface area contributed by atoms with Crippen molar-refractivity contribution < 1.29 is 46.7 Å². The third-order valence-electron chi connectivity index (χ3n) is 4.43. The van der Waals surface area contributed by atoms with Crippen molar-refractivity contribution in [2.75, 3.05) is 0 Å². The summed E-state index contributed by atoms with van der Waals surface area (Å²) in [6.45, 7) is 2.53. The van der Waals surface area contributed by atoms with E-state index >= 15 is 4.39 Å². The molecule has 0 spiro atoms. The van der Waals surface area contributed by atoms with Gasteiger partial charge in [-0.1, -0.05) is 23.4 Å². The molecule has 28 heavy (non-hydrogen) atoms. The number of hydrogen-bond acceptors (Lipinski definition) is 9. The molecule has 0 radical (unpaired) electrons. The minimum Gasteiger partial charge on any atom is -0.459 e. The molecule has 1 aromatic carbocycles. The molecule has 1 aromatic heterocycles. The number of aliphatic hydroxyl groups is 3. The SMILES string of the molecule is Cc1noc(C)c1[C@@]1(O)C(S(=O)(=O)O)O[C@@H](Oc2ccccc2)[C@@](O)(F)[C@H]1O. The van der Waals surface area contributed by atoms with Gasteiger partial charge < -0.3 is 29.3 Å². The molecule has 1 unspecified atom stereocenters. The zero-order valence-electron chi connectivity index (χ0n) is 14.7. The van der Waals surface area contributed by atoms with Crippen LogP contribution in [0.3, 0.4) is 0 Å². The Morgan fingerprint density at radius 1 is 1.21 bits per heavy atom. The number of halogens is 1. The first-order valence-electron chi connectivity index (χ1n) is 7.98. The molecule has 1 aliphatic heterocycles. The number of para-hydroxylation sites is 1. The van der Waals surface area contributed by atoms with E-state index in [4.69, 9.17) is 14.0 Å². The van der Waals surface area contributed by atoms with Crippen molar-refractivity contribution in [3.63, 3.8) is 0 Å². The van der Waals surface area contributed by atoms with Gasteiger partial charge in [0.1, 0.15) is 11.5 Å². The Balaban J connectivity index is 2.13. The van der Waals surface area contributed by atoms with Gasteiger partial charge in [0, 0.05) is 0 Å². The molecule has 1 saturated heterocycles. The molecule has 2 aromatic rings. The maximum Gasteiger partial charge on any atom is 0.299 e. The Bertz CT molecular complexity index is 942. The van der Waals surface area contributed by atoms with Crippen molar-refractivity contribution in [1.29, 1.82) is 0 Å². The van der Waals surface area contributed by atoms with Crippen molar-refractivity contribution in [1.82, 2.24) is 5.16 Å². The predicted octanol–water partition coefficient (Wildman–Crippen LogP) is 0.147. The molecular formula is C16H18FNO9S. The number of aryl methyl sites for hydroxylation is 2. The Morgan fingerprint density at radius 3 is 2.32 bits per heavy atom. The molecule has 12 heteroatoms. The maximum absolute atomic E-state index is 15.1. The number of aliphatic hydroxyl groups excluding tert-OH is 1. The van der Waals surface area contributed by atoms with E-state index in [1.165, 1.54) is 38.1 Å². The van der Waals surface area contributed by atoms with Crippen LogP contribution in [0.1, 0.15) is 17.0 Å². The van der Waals surface area contributed by atoms with Crippen molar-refractivity contribution in [2.45, 2.75) is 43.1 Å². The van der Waals surface area contributed by atoms with Gasteiger partial charge in [0.15, 0.2) is 11.7 Å². The number of hydrogen-bond donors (Lipinski definition) is 4. The van der Waals surface area contributed by atoms with E-state index in [0.29, 0.717) is 0 Å². The fourth-order valence-electron chi connectivity index (χ4n) is 3.22. The van der Waals surface area contributed by atoms with Gasteiger partial charge in [-0.15, -0.1) is 0 Å². The van der Waals surface area contributed by atoms with Crippen molar-refractivity contribution in [2.24, 2.45) is 0 Å². The minimum atomic E-state index is -5.26. The second kappa shape index (κ2) is 6.76. The van der Waals surface area contributed by atoms with Crippen LogP contribution in [0.2, 0.25) is 0 Å². The van der Waals surface area contributed by atoms with Crippen LogP contribution in [0, 0.1) is 13.8 Å². The molecule has 1 fully saturated rings. The van der Waals surface area contributed by atoms with Gasteiger partial charge in [-0.3, -0.25) is 4.55 Å². The van der Waals surface area contributed by atoms with Crippen LogP contribution in [0.25, 0.3) is 0 Å².